The Morgan fingerprint density at radius 1 is 1.35 bits per heavy atom. The van der Waals surface area contributed by atoms with Gasteiger partial charge in [0.25, 0.3) is 0 Å². The number of methoxy groups -OCH3 is 1. The fourth-order valence-electron chi connectivity index (χ4n) is 1.66. The van der Waals surface area contributed by atoms with Crippen LogP contribution >= 0.6 is 0 Å². The van der Waals surface area contributed by atoms with Crippen molar-refractivity contribution in [2.75, 3.05) is 40.5 Å². The highest BCUT2D eigenvalue weighted by Crippen LogP contribution is 2.12. The van der Waals surface area contributed by atoms with Crippen LogP contribution in [0.3, 0.4) is 0 Å². The van der Waals surface area contributed by atoms with Crippen molar-refractivity contribution >= 4 is 0 Å². The number of hydrogen-bond donors (Lipinski definition) is 0. The highest BCUT2D eigenvalue weighted by Gasteiger charge is 2.03. The SMILES string of the molecule is CCOCCN(C)CC1=CC=C(OC)CC=C1. The molecule has 3 nitrogen and oxygen atoms in total. The van der Waals surface area contributed by atoms with Gasteiger partial charge in [-0.05, 0) is 25.6 Å². The summed E-state index contributed by atoms with van der Waals surface area (Å²) in [5, 5.41) is 0. The maximum Gasteiger partial charge on any atom is 0.0993 e. The molecule has 0 aromatic carbocycles. The van der Waals surface area contributed by atoms with E-state index in [-0.39, 0.29) is 0 Å². The molecular weight excluding hydrogens is 214 g/mol. The van der Waals surface area contributed by atoms with Crippen LogP contribution in [0.25, 0.3) is 0 Å². The lowest BCUT2D eigenvalue weighted by Crippen LogP contribution is -2.25. The lowest BCUT2D eigenvalue weighted by atomic mass is 10.2. The highest BCUT2D eigenvalue weighted by molar-refractivity contribution is 5.30. The minimum atomic E-state index is 0.788. The molecule has 0 saturated heterocycles. The van der Waals surface area contributed by atoms with Crippen molar-refractivity contribution in [3.8, 4) is 0 Å². The number of nitrogens with zero attached hydrogens (tertiary/aromatic N) is 1. The van der Waals surface area contributed by atoms with Crippen LogP contribution in [0.1, 0.15) is 13.3 Å². The van der Waals surface area contributed by atoms with Gasteiger partial charge in [0.05, 0.1) is 19.5 Å². The lowest BCUT2D eigenvalue weighted by molar-refractivity contribution is 0.125. The normalized spacial score (nSPS) is 15.5. The molecule has 0 fully saturated rings. The second-order valence-electron chi connectivity index (χ2n) is 4.12. The van der Waals surface area contributed by atoms with Crippen molar-refractivity contribution in [2.45, 2.75) is 13.3 Å². The Hall–Kier alpha value is -1.06. The number of rotatable bonds is 7. The first-order valence-corrected chi connectivity index (χ1v) is 6.12. The van der Waals surface area contributed by atoms with Gasteiger partial charge in [0.15, 0.2) is 0 Å². The molecule has 1 aliphatic carbocycles. The molecule has 17 heavy (non-hydrogen) atoms. The van der Waals surface area contributed by atoms with Gasteiger partial charge in [-0.15, -0.1) is 0 Å². The summed E-state index contributed by atoms with van der Waals surface area (Å²) in [6.07, 6.45) is 9.36. The molecule has 0 aromatic rings. The Balaban J connectivity index is 2.40. The van der Waals surface area contributed by atoms with E-state index in [1.165, 1.54) is 5.57 Å². The summed E-state index contributed by atoms with van der Waals surface area (Å²) in [6, 6.07) is 0. The predicted octanol–water partition coefficient (Wildman–Crippen LogP) is 2.37. The van der Waals surface area contributed by atoms with E-state index < -0.39 is 0 Å². The van der Waals surface area contributed by atoms with Crippen molar-refractivity contribution in [3.05, 3.63) is 35.6 Å². The van der Waals surface area contributed by atoms with E-state index in [0.717, 1.165) is 38.5 Å². The zero-order chi connectivity index (χ0) is 12.5. The van der Waals surface area contributed by atoms with E-state index in [0.29, 0.717) is 0 Å². The van der Waals surface area contributed by atoms with Gasteiger partial charge in [-0.2, -0.15) is 0 Å². The fraction of sp³-hybridized carbons (Fsp3) is 0.571. The third kappa shape index (κ3) is 5.71. The molecule has 0 atom stereocenters. The first kappa shape index (κ1) is 14.0. The predicted molar refractivity (Wildman–Crippen MR) is 70.9 cm³/mol. The highest BCUT2D eigenvalue weighted by atomic mass is 16.5. The Kier molecular flexibility index (Phi) is 6.67. The van der Waals surface area contributed by atoms with E-state index in [9.17, 15) is 0 Å². The van der Waals surface area contributed by atoms with Crippen LogP contribution in [0.2, 0.25) is 0 Å². The average Bonchev–Trinajstić information content (AvgIpc) is 2.54. The van der Waals surface area contributed by atoms with Gasteiger partial charge >= 0.3 is 0 Å². The van der Waals surface area contributed by atoms with Crippen molar-refractivity contribution in [2.24, 2.45) is 0 Å². The molecule has 96 valence electrons. The number of ether oxygens (including phenoxy) is 2. The van der Waals surface area contributed by atoms with E-state index >= 15 is 0 Å². The van der Waals surface area contributed by atoms with E-state index in [1.54, 1.807) is 7.11 Å². The Morgan fingerprint density at radius 2 is 2.18 bits per heavy atom. The summed E-state index contributed by atoms with van der Waals surface area (Å²) in [7, 11) is 3.83. The van der Waals surface area contributed by atoms with Gasteiger partial charge in [-0.1, -0.05) is 18.2 Å². The number of allylic oxidation sites excluding steroid dienone is 3. The monoisotopic (exact) mass is 237 g/mol. The van der Waals surface area contributed by atoms with Crippen molar-refractivity contribution < 1.29 is 9.47 Å². The number of likely N-dealkylation sites (N-methyl/N-ethyl adjacent to an activating group) is 1. The molecule has 0 unspecified atom stereocenters. The van der Waals surface area contributed by atoms with Gasteiger partial charge in [-0.3, -0.25) is 4.90 Å². The zero-order valence-corrected chi connectivity index (χ0v) is 11.1. The van der Waals surface area contributed by atoms with Crippen molar-refractivity contribution in [1.82, 2.24) is 4.90 Å². The Labute approximate surface area is 104 Å². The largest absolute Gasteiger partial charge is 0.501 e. The van der Waals surface area contributed by atoms with Gasteiger partial charge < -0.3 is 9.47 Å². The molecule has 0 aromatic heterocycles. The smallest absolute Gasteiger partial charge is 0.0993 e. The zero-order valence-electron chi connectivity index (χ0n) is 11.1. The molecule has 1 aliphatic rings. The van der Waals surface area contributed by atoms with Crippen LogP contribution in [0.5, 0.6) is 0 Å². The van der Waals surface area contributed by atoms with E-state index in [1.807, 2.05) is 13.0 Å². The summed E-state index contributed by atoms with van der Waals surface area (Å²) in [5.41, 5.74) is 1.30. The minimum absolute atomic E-state index is 0.788. The standard InChI is InChI=1S/C14H23NO2/c1-4-17-11-10-15(2)12-13-6-5-7-14(16-3)9-8-13/h5-6,8-9H,4,7,10-12H2,1-3H3. The van der Waals surface area contributed by atoms with Crippen LogP contribution in [0.15, 0.2) is 35.6 Å². The Bertz CT molecular complexity index is 305. The second-order valence-corrected chi connectivity index (χ2v) is 4.12. The average molecular weight is 237 g/mol. The topological polar surface area (TPSA) is 21.7 Å². The molecule has 1 rings (SSSR count). The van der Waals surface area contributed by atoms with E-state index in [2.05, 4.69) is 30.2 Å². The van der Waals surface area contributed by atoms with Gasteiger partial charge in [0, 0.05) is 26.1 Å². The molecule has 0 radical (unpaired) electrons. The van der Waals surface area contributed by atoms with Crippen LogP contribution in [0.4, 0.5) is 0 Å². The minimum Gasteiger partial charge on any atom is -0.501 e. The number of hydrogen-bond acceptors (Lipinski definition) is 3. The third-order valence-electron chi connectivity index (χ3n) is 2.67. The molecular formula is C14H23NO2. The molecule has 0 heterocycles. The van der Waals surface area contributed by atoms with Gasteiger partial charge in [-0.25, -0.2) is 0 Å². The van der Waals surface area contributed by atoms with E-state index in [4.69, 9.17) is 9.47 Å². The fourth-order valence-corrected chi connectivity index (χ4v) is 1.66. The molecule has 0 spiro atoms. The van der Waals surface area contributed by atoms with Crippen LogP contribution in [-0.2, 0) is 9.47 Å². The summed E-state index contributed by atoms with van der Waals surface area (Å²) in [4.78, 5) is 2.26. The van der Waals surface area contributed by atoms with Gasteiger partial charge in [0.2, 0.25) is 0 Å². The maximum atomic E-state index is 5.34. The molecule has 3 heteroatoms. The quantitative estimate of drug-likeness (QED) is 0.635. The second kappa shape index (κ2) is 8.09. The van der Waals surface area contributed by atoms with Crippen molar-refractivity contribution in [1.29, 1.82) is 0 Å². The van der Waals surface area contributed by atoms with Gasteiger partial charge in [0.1, 0.15) is 0 Å². The summed E-state index contributed by atoms with van der Waals surface area (Å²) in [6.45, 7) is 5.50. The molecule has 0 N–H and O–H groups in total. The summed E-state index contributed by atoms with van der Waals surface area (Å²) in [5.74, 6) is 1.01. The van der Waals surface area contributed by atoms with Crippen LogP contribution < -0.4 is 0 Å². The molecule has 0 amide bonds. The summed E-state index contributed by atoms with van der Waals surface area (Å²) < 4.78 is 10.6. The first-order valence-electron chi connectivity index (χ1n) is 6.12. The lowest BCUT2D eigenvalue weighted by Gasteiger charge is -2.16. The van der Waals surface area contributed by atoms with Crippen LogP contribution in [0, 0.1) is 0 Å². The maximum absolute atomic E-state index is 5.34. The summed E-state index contributed by atoms with van der Waals surface area (Å²) >= 11 is 0. The van der Waals surface area contributed by atoms with Crippen LogP contribution in [-0.4, -0.2) is 45.4 Å². The Morgan fingerprint density at radius 3 is 2.88 bits per heavy atom. The molecule has 0 bridgehead atoms. The first-order chi connectivity index (χ1) is 8.26. The molecule has 0 aliphatic heterocycles. The third-order valence-corrected chi connectivity index (χ3v) is 2.67. The van der Waals surface area contributed by atoms with Crippen molar-refractivity contribution in [3.63, 3.8) is 0 Å². The molecule has 0 saturated carbocycles.